The molecule has 2 aromatic rings. The Morgan fingerprint density at radius 2 is 2.00 bits per heavy atom. The van der Waals surface area contributed by atoms with E-state index in [9.17, 15) is 4.79 Å². The minimum Gasteiger partial charge on any atom is -0.377 e. The lowest BCUT2D eigenvalue weighted by molar-refractivity contribution is 0.0612. The largest absolute Gasteiger partial charge is 0.377 e. The molecule has 0 radical (unpaired) electrons. The van der Waals surface area contributed by atoms with Crippen LogP contribution in [0.3, 0.4) is 0 Å². The molecule has 2 aliphatic rings. The lowest BCUT2D eigenvalue weighted by Gasteiger charge is -2.33. The molecule has 7 nitrogen and oxygen atoms in total. The van der Waals surface area contributed by atoms with Crippen LogP contribution >= 0.6 is 0 Å². The topological polar surface area (TPSA) is 72.3 Å². The molecule has 1 amide bonds. The van der Waals surface area contributed by atoms with Gasteiger partial charge in [0.05, 0.1) is 18.0 Å². The molecule has 2 saturated heterocycles. The van der Waals surface area contributed by atoms with Crippen molar-refractivity contribution in [3.63, 3.8) is 0 Å². The molecule has 0 bridgehead atoms. The maximum Gasteiger partial charge on any atom is 0.273 e. The van der Waals surface area contributed by atoms with Gasteiger partial charge < -0.3 is 15.0 Å². The summed E-state index contributed by atoms with van der Waals surface area (Å²) in [7, 11) is 0. The number of carbonyl (C=O) groups is 1. The fraction of sp³-hybridized carbons (Fsp3) is 0.526. The molecule has 2 aliphatic heterocycles. The van der Waals surface area contributed by atoms with Gasteiger partial charge in [0.2, 0.25) is 0 Å². The summed E-state index contributed by atoms with van der Waals surface area (Å²) in [5.41, 5.74) is 1.25. The molecule has 0 saturated carbocycles. The van der Waals surface area contributed by atoms with Gasteiger partial charge in [-0.15, -0.1) is 5.10 Å². The molecule has 0 spiro atoms. The van der Waals surface area contributed by atoms with Gasteiger partial charge >= 0.3 is 0 Å². The Hall–Kier alpha value is -2.25. The summed E-state index contributed by atoms with van der Waals surface area (Å²) in [5, 5.41) is 11.2. The minimum atomic E-state index is -0.148. The van der Waals surface area contributed by atoms with Crippen LogP contribution in [0.4, 0.5) is 0 Å². The van der Waals surface area contributed by atoms with Crippen LogP contribution in [0.15, 0.2) is 36.5 Å². The normalized spacial score (nSPS) is 21.8. The molecule has 1 aromatic heterocycles. The van der Waals surface area contributed by atoms with Gasteiger partial charge in [-0.25, -0.2) is 4.68 Å². The van der Waals surface area contributed by atoms with Gasteiger partial charge in [-0.3, -0.25) is 4.79 Å². The Morgan fingerprint density at radius 3 is 2.73 bits per heavy atom. The average molecular weight is 355 g/mol. The van der Waals surface area contributed by atoms with Gasteiger partial charge in [0.1, 0.15) is 0 Å². The molecular formula is C19H25N5O2. The summed E-state index contributed by atoms with van der Waals surface area (Å²) in [6, 6.07) is 9.87. The molecular weight excluding hydrogens is 330 g/mol. The van der Waals surface area contributed by atoms with E-state index >= 15 is 0 Å². The first-order chi connectivity index (χ1) is 12.8. The zero-order valence-corrected chi connectivity index (χ0v) is 14.9. The highest BCUT2D eigenvalue weighted by Gasteiger charge is 2.25. The molecule has 7 heteroatoms. The summed E-state index contributed by atoms with van der Waals surface area (Å²) in [6.45, 7) is 3.93. The second-order valence-corrected chi connectivity index (χ2v) is 7.07. The number of benzene rings is 1. The van der Waals surface area contributed by atoms with E-state index in [-0.39, 0.29) is 11.9 Å². The molecule has 0 aliphatic carbocycles. The summed E-state index contributed by atoms with van der Waals surface area (Å²) in [4.78, 5) is 14.9. The van der Waals surface area contributed by atoms with Crippen LogP contribution in [-0.4, -0.2) is 64.2 Å². The van der Waals surface area contributed by atoms with E-state index in [2.05, 4.69) is 20.5 Å². The third-order valence-electron chi connectivity index (χ3n) is 5.16. The van der Waals surface area contributed by atoms with Gasteiger partial charge in [0.25, 0.3) is 5.91 Å². The number of piperidine rings is 1. The second-order valence-electron chi connectivity index (χ2n) is 7.07. The van der Waals surface area contributed by atoms with E-state index in [1.54, 1.807) is 10.9 Å². The summed E-state index contributed by atoms with van der Waals surface area (Å²) >= 11 is 0. The second kappa shape index (κ2) is 7.97. The zero-order chi connectivity index (χ0) is 17.8. The predicted molar refractivity (Wildman–Crippen MR) is 97.3 cm³/mol. The van der Waals surface area contributed by atoms with E-state index in [0.29, 0.717) is 11.8 Å². The van der Waals surface area contributed by atoms with E-state index in [4.69, 9.17) is 4.74 Å². The number of amides is 1. The van der Waals surface area contributed by atoms with Crippen LogP contribution in [0.2, 0.25) is 0 Å². The summed E-state index contributed by atoms with van der Waals surface area (Å²) in [5.74, 6) is -0.148. The van der Waals surface area contributed by atoms with Crippen molar-refractivity contribution >= 4 is 5.91 Å². The number of para-hydroxylation sites is 1. The van der Waals surface area contributed by atoms with Crippen LogP contribution in [0.5, 0.6) is 0 Å². The van der Waals surface area contributed by atoms with E-state index in [1.165, 1.54) is 12.8 Å². The standard InChI is InChI=1S/C19H25N5O2/c25-19(18-14-24(22-21-18)16-5-2-1-3-6-16)20-15-8-10-23(11-9-15)13-17-7-4-12-26-17/h1-3,5-6,14-15,17H,4,7-13H2,(H,20,25). The van der Waals surface area contributed by atoms with Crippen molar-refractivity contribution in [1.29, 1.82) is 0 Å². The Labute approximate surface area is 153 Å². The summed E-state index contributed by atoms with van der Waals surface area (Å²) < 4.78 is 7.34. The lowest BCUT2D eigenvalue weighted by Crippen LogP contribution is -2.46. The first-order valence-corrected chi connectivity index (χ1v) is 9.40. The number of nitrogens with one attached hydrogen (secondary N) is 1. The first-order valence-electron chi connectivity index (χ1n) is 9.40. The maximum atomic E-state index is 12.5. The summed E-state index contributed by atoms with van der Waals surface area (Å²) in [6.07, 6.45) is 6.36. The van der Waals surface area contributed by atoms with Crippen molar-refractivity contribution in [2.45, 2.75) is 37.8 Å². The van der Waals surface area contributed by atoms with Crippen molar-refractivity contribution in [2.75, 3.05) is 26.2 Å². The molecule has 4 rings (SSSR count). The SMILES string of the molecule is O=C(NC1CCN(CC2CCCO2)CC1)c1cn(-c2ccccc2)nn1. The van der Waals surface area contributed by atoms with E-state index in [1.807, 2.05) is 30.3 Å². The minimum absolute atomic E-state index is 0.148. The fourth-order valence-corrected chi connectivity index (χ4v) is 3.67. The van der Waals surface area contributed by atoms with E-state index < -0.39 is 0 Å². The van der Waals surface area contributed by atoms with Crippen LogP contribution < -0.4 is 5.32 Å². The zero-order valence-electron chi connectivity index (χ0n) is 14.9. The van der Waals surface area contributed by atoms with Crippen molar-refractivity contribution < 1.29 is 9.53 Å². The van der Waals surface area contributed by atoms with Crippen LogP contribution in [-0.2, 0) is 4.74 Å². The van der Waals surface area contributed by atoms with Crippen LogP contribution in [0, 0.1) is 0 Å². The van der Waals surface area contributed by atoms with Crippen molar-refractivity contribution in [1.82, 2.24) is 25.2 Å². The number of carbonyl (C=O) groups excluding carboxylic acids is 1. The van der Waals surface area contributed by atoms with Crippen LogP contribution in [0.1, 0.15) is 36.2 Å². The van der Waals surface area contributed by atoms with Gasteiger partial charge in [0, 0.05) is 32.3 Å². The highest BCUT2D eigenvalue weighted by Crippen LogP contribution is 2.17. The number of rotatable bonds is 5. The molecule has 1 aromatic carbocycles. The first kappa shape index (κ1) is 17.2. The fourth-order valence-electron chi connectivity index (χ4n) is 3.67. The monoisotopic (exact) mass is 355 g/mol. The maximum absolute atomic E-state index is 12.5. The van der Waals surface area contributed by atoms with Crippen molar-refractivity contribution in [3.05, 3.63) is 42.2 Å². The Bertz CT molecular complexity index is 719. The number of aromatic nitrogens is 3. The van der Waals surface area contributed by atoms with Gasteiger partial charge in [-0.1, -0.05) is 23.4 Å². The molecule has 1 atom stereocenters. The van der Waals surface area contributed by atoms with Gasteiger partial charge in [-0.2, -0.15) is 0 Å². The smallest absolute Gasteiger partial charge is 0.273 e. The quantitative estimate of drug-likeness (QED) is 0.883. The van der Waals surface area contributed by atoms with E-state index in [0.717, 1.165) is 44.8 Å². The van der Waals surface area contributed by atoms with Crippen molar-refractivity contribution in [2.24, 2.45) is 0 Å². The third-order valence-corrected chi connectivity index (χ3v) is 5.16. The van der Waals surface area contributed by atoms with Crippen LogP contribution in [0.25, 0.3) is 5.69 Å². The number of nitrogens with zero attached hydrogens (tertiary/aromatic N) is 4. The van der Waals surface area contributed by atoms with Crippen molar-refractivity contribution in [3.8, 4) is 5.69 Å². The molecule has 1 N–H and O–H groups in total. The highest BCUT2D eigenvalue weighted by atomic mass is 16.5. The van der Waals surface area contributed by atoms with Gasteiger partial charge in [-0.05, 0) is 37.8 Å². The molecule has 2 fully saturated rings. The number of hydrogen-bond donors (Lipinski definition) is 1. The number of ether oxygens (including phenoxy) is 1. The molecule has 1 unspecified atom stereocenters. The third kappa shape index (κ3) is 4.11. The van der Waals surface area contributed by atoms with Gasteiger partial charge in [0.15, 0.2) is 5.69 Å². The number of likely N-dealkylation sites (tertiary alicyclic amines) is 1. The highest BCUT2D eigenvalue weighted by molar-refractivity contribution is 5.92. The Kier molecular flexibility index (Phi) is 5.26. The Balaban J connectivity index is 1.27. The molecule has 26 heavy (non-hydrogen) atoms. The predicted octanol–water partition coefficient (Wildman–Crippen LogP) is 1.64. The average Bonchev–Trinajstić information content (AvgIpc) is 3.36. The molecule has 3 heterocycles. The number of hydrogen-bond acceptors (Lipinski definition) is 5. The molecule has 138 valence electrons. The Morgan fingerprint density at radius 1 is 1.19 bits per heavy atom. The lowest BCUT2D eigenvalue weighted by atomic mass is 10.0.